The molecular formula is C52H33NOS. The molecule has 0 aliphatic heterocycles. The highest BCUT2D eigenvalue weighted by Gasteiger charge is 2.26. The maximum atomic E-state index is 6.46. The van der Waals surface area contributed by atoms with Gasteiger partial charge in [-0.2, -0.15) is 0 Å². The third-order valence-corrected chi connectivity index (χ3v) is 12.1. The Labute approximate surface area is 322 Å². The first-order valence-electron chi connectivity index (χ1n) is 18.7. The van der Waals surface area contributed by atoms with Crippen molar-refractivity contribution in [2.45, 2.75) is 0 Å². The lowest BCUT2D eigenvalue weighted by Crippen LogP contribution is -2.13. The molecule has 0 N–H and O–H groups in total. The van der Waals surface area contributed by atoms with E-state index in [0.717, 1.165) is 44.6 Å². The number of furan rings is 1. The molecule has 0 saturated heterocycles. The second-order valence-electron chi connectivity index (χ2n) is 14.0. The second kappa shape index (κ2) is 12.9. The van der Waals surface area contributed by atoms with Gasteiger partial charge in [-0.25, -0.2) is 0 Å². The number of benzene rings is 9. The van der Waals surface area contributed by atoms with Crippen molar-refractivity contribution in [3.63, 3.8) is 0 Å². The SMILES string of the molecule is c1ccc(-c2cccc(N(c3ccccc3-c3cccc4ccc5oc6ccccc6c5c34)c3cccc4c3sc3ccccc34)c2-c2ccccc2)cc1. The van der Waals surface area contributed by atoms with Gasteiger partial charge in [-0.15, -0.1) is 11.3 Å². The Morgan fingerprint density at radius 2 is 0.982 bits per heavy atom. The molecule has 55 heavy (non-hydrogen) atoms. The van der Waals surface area contributed by atoms with Crippen molar-refractivity contribution in [2.75, 3.05) is 4.90 Å². The van der Waals surface area contributed by atoms with Crippen molar-refractivity contribution in [2.24, 2.45) is 0 Å². The third-order valence-electron chi connectivity index (χ3n) is 10.9. The summed E-state index contributed by atoms with van der Waals surface area (Å²) in [5.41, 5.74) is 12.2. The molecule has 2 aromatic heterocycles. The fourth-order valence-electron chi connectivity index (χ4n) is 8.50. The Morgan fingerprint density at radius 1 is 0.364 bits per heavy atom. The van der Waals surface area contributed by atoms with Gasteiger partial charge in [-0.3, -0.25) is 0 Å². The fraction of sp³-hybridized carbons (Fsp3) is 0. The molecule has 258 valence electrons. The lowest BCUT2D eigenvalue weighted by molar-refractivity contribution is 0.669. The summed E-state index contributed by atoms with van der Waals surface area (Å²) in [4.78, 5) is 2.52. The van der Waals surface area contributed by atoms with Gasteiger partial charge in [0.1, 0.15) is 11.2 Å². The molecule has 11 rings (SSSR count). The first-order valence-corrected chi connectivity index (χ1v) is 19.5. The van der Waals surface area contributed by atoms with Gasteiger partial charge in [-0.1, -0.05) is 164 Å². The van der Waals surface area contributed by atoms with Crippen LogP contribution in [0.4, 0.5) is 17.1 Å². The molecule has 0 amide bonds. The Bertz CT molecular complexity index is 3210. The lowest BCUT2D eigenvalue weighted by Gasteiger charge is -2.31. The van der Waals surface area contributed by atoms with E-state index in [1.807, 2.05) is 17.4 Å². The lowest BCUT2D eigenvalue weighted by atomic mass is 9.90. The zero-order chi connectivity index (χ0) is 36.3. The molecule has 0 aliphatic rings. The first-order chi connectivity index (χ1) is 27.3. The molecule has 2 nitrogen and oxygen atoms in total. The van der Waals surface area contributed by atoms with E-state index in [4.69, 9.17) is 4.42 Å². The van der Waals surface area contributed by atoms with Crippen LogP contribution in [-0.4, -0.2) is 0 Å². The Hall–Kier alpha value is -6.94. The molecule has 0 aliphatic carbocycles. The quantitative estimate of drug-likeness (QED) is 0.170. The van der Waals surface area contributed by atoms with Gasteiger partial charge in [0.05, 0.1) is 21.8 Å². The van der Waals surface area contributed by atoms with Crippen molar-refractivity contribution < 1.29 is 4.42 Å². The van der Waals surface area contributed by atoms with Gasteiger partial charge in [0.2, 0.25) is 0 Å². The number of anilines is 3. The van der Waals surface area contributed by atoms with Gasteiger partial charge in [0.25, 0.3) is 0 Å². The smallest absolute Gasteiger partial charge is 0.136 e. The number of fused-ring (bicyclic) bond motifs is 8. The molecule has 0 saturated carbocycles. The normalized spacial score (nSPS) is 11.6. The van der Waals surface area contributed by atoms with Crippen LogP contribution in [0, 0.1) is 0 Å². The highest BCUT2D eigenvalue weighted by Crippen LogP contribution is 2.52. The van der Waals surface area contributed by atoms with Gasteiger partial charge in [0, 0.05) is 42.8 Å². The molecule has 0 radical (unpaired) electrons. The summed E-state index contributed by atoms with van der Waals surface area (Å²) in [6.45, 7) is 0. The minimum atomic E-state index is 0.896. The Kier molecular flexibility index (Phi) is 7.39. The van der Waals surface area contributed by atoms with Crippen LogP contribution in [0.2, 0.25) is 0 Å². The zero-order valence-electron chi connectivity index (χ0n) is 29.8. The van der Waals surface area contributed by atoms with Crippen LogP contribution in [-0.2, 0) is 0 Å². The standard InChI is InChI=1S/C52H33NOS/c1-3-16-34(17-4-1)37-24-14-28-44(49(37)35-18-5-2-6-19-35)53(45-29-15-26-41-39-22-9-12-31-48(39)55-52(41)45)43-27-10-7-21-38(43)40-25-13-20-36-32-33-47-51(50(36)40)42-23-8-11-30-46(42)54-47/h1-33H. The first kappa shape index (κ1) is 31.6. The van der Waals surface area contributed by atoms with Crippen LogP contribution < -0.4 is 4.90 Å². The molecule has 2 heterocycles. The number of para-hydroxylation sites is 2. The molecule has 0 bridgehead atoms. The summed E-state index contributed by atoms with van der Waals surface area (Å²) in [5, 5.41) is 7.19. The minimum absolute atomic E-state index is 0.896. The van der Waals surface area contributed by atoms with E-state index < -0.39 is 0 Å². The predicted molar refractivity (Wildman–Crippen MR) is 235 cm³/mol. The van der Waals surface area contributed by atoms with E-state index in [2.05, 4.69) is 199 Å². The number of nitrogens with zero attached hydrogens (tertiary/aromatic N) is 1. The number of rotatable bonds is 6. The summed E-state index contributed by atoms with van der Waals surface area (Å²) in [6, 6.07) is 72.2. The van der Waals surface area contributed by atoms with Gasteiger partial charge in [0.15, 0.2) is 0 Å². The monoisotopic (exact) mass is 719 g/mol. The molecule has 0 spiro atoms. The topological polar surface area (TPSA) is 16.4 Å². The van der Waals surface area contributed by atoms with Crippen molar-refractivity contribution in [3.05, 3.63) is 200 Å². The van der Waals surface area contributed by atoms with Crippen LogP contribution in [0.15, 0.2) is 205 Å². The maximum absolute atomic E-state index is 6.46. The molecule has 3 heteroatoms. The molecule has 0 unspecified atom stereocenters. The second-order valence-corrected chi connectivity index (χ2v) is 15.0. The van der Waals surface area contributed by atoms with E-state index >= 15 is 0 Å². The van der Waals surface area contributed by atoms with E-state index in [1.54, 1.807) is 0 Å². The summed E-state index contributed by atoms with van der Waals surface area (Å²) in [7, 11) is 0. The van der Waals surface area contributed by atoms with Crippen LogP contribution in [0.5, 0.6) is 0 Å². The van der Waals surface area contributed by atoms with Gasteiger partial charge in [-0.05, 0) is 64.0 Å². The summed E-state index contributed by atoms with van der Waals surface area (Å²) in [6.07, 6.45) is 0. The number of hydrogen-bond donors (Lipinski definition) is 0. The van der Waals surface area contributed by atoms with Crippen LogP contribution in [0.25, 0.3) is 86.3 Å². The molecule has 9 aromatic carbocycles. The minimum Gasteiger partial charge on any atom is -0.456 e. The summed E-state index contributed by atoms with van der Waals surface area (Å²) >= 11 is 1.86. The van der Waals surface area contributed by atoms with E-state index in [0.29, 0.717) is 0 Å². The van der Waals surface area contributed by atoms with Crippen LogP contribution in [0.3, 0.4) is 0 Å². The van der Waals surface area contributed by atoms with Gasteiger partial charge < -0.3 is 9.32 Å². The average molecular weight is 720 g/mol. The largest absolute Gasteiger partial charge is 0.456 e. The average Bonchev–Trinajstić information content (AvgIpc) is 3.84. The summed E-state index contributed by atoms with van der Waals surface area (Å²) in [5.74, 6) is 0. The predicted octanol–water partition coefficient (Wildman–Crippen LogP) is 15.6. The van der Waals surface area contributed by atoms with Crippen molar-refractivity contribution >= 4 is 81.3 Å². The van der Waals surface area contributed by atoms with Crippen LogP contribution in [0.1, 0.15) is 0 Å². The van der Waals surface area contributed by atoms with E-state index in [1.165, 1.54) is 58.8 Å². The molecular weight excluding hydrogens is 687 g/mol. The van der Waals surface area contributed by atoms with Crippen molar-refractivity contribution in [1.29, 1.82) is 0 Å². The van der Waals surface area contributed by atoms with Crippen molar-refractivity contribution in [1.82, 2.24) is 0 Å². The Morgan fingerprint density at radius 3 is 1.85 bits per heavy atom. The van der Waals surface area contributed by atoms with E-state index in [-0.39, 0.29) is 0 Å². The number of thiophene rings is 1. The maximum Gasteiger partial charge on any atom is 0.136 e. The molecule has 0 atom stereocenters. The third kappa shape index (κ3) is 5.09. The van der Waals surface area contributed by atoms with Crippen molar-refractivity contribution in [3.8, 4) is 33.4 Å². The van der Waals surface area contributed by atoms with Crippen LogP contribution >= 0.6 is 11.3 Å². The molecule has 11 aromatic rings. The Balaban J connectivity index is 1.27. The highest BCUT2D eigenvalue weighted by atomic mass is 32.1. The van der Waals surface area contributed by atoms with E-state index in [9.17, 15) is 0 Å². The number of hydrogen-bond acceptors (Lipinski definition) is 3. The zero-order valence-corrected chi connectivity index (χ0v) is 30.6. The summed E-state index contributed by atoms with van der Waals surface area (Å²) < 4.78 is 8.99. The molecule has 0 fully saturated rings. The fourth-order valence-corrected chi connectivity index (χ4v) is 9.71. The van der Waals surface area contributed by atoms with Gasteiger partial charge >= 0.3 is 0 Å². The highest BCUT2D eigenvalue weighted by molar-refractivity contribution is 7.26.